The summed E-state index contributed by atoms with van der Waals surface area (Å²) in [7, 11) is 0. The molecule has 1 aliphatic rings. The molecule has 4 atom stereocenters. The fourth-order valence-corrected chi connectivity index (χ4v) is 5.01. The quantitative estimate of drug-likeness (QED) is 0.348. The maximum atomic E-state index is 12.3. The summed E-state index contributed by atoms with van der Waals surface area (Å²) in [5.74, 6) is 0. The summed E-state index contributed by atoms with van der Waals surface area (Å²) in [6.07, 6.45) is -2.72. The smallest absolute Gasteiger partial charge is 0.330 e. The van der Waals surface area contributed by atoms with Crippen LogP contribution < -0.4 is 11.2 Å². The van der Waals surface area contributed by atoms with E-state index in [4.69, 9.17) is 9.47 Å². The molecule has 3 N–H and O–H groups in total. The van der Waals surface area contributed by atoms with E-state index in [0.717, 1.165) is 37.1 Å². The van der Waals surface area contributed by atoms with Gasteiger partial charge in [0.2, 0.25) is 0 Å². The number of aliphatic hydroxyl groups excluding tert-OH is 2. The number of hydrogen-bond acceptors (Lipinski definition) is 6. The average molecular weight is 458 g/mol. The molecule has 0 bridgehead atoms. The Morgan fingerprint density at radius 3 is 2.38 bits per heavy atom. The second kappa shape index (κ2) is 8.03. The largest absolute Gasteiger partial charge is 0.394 e. The van der Waals surface area contributed by atoms with Gasteiger partial charge in [-0.05, 0) is 37.9 Å². The van der Waals surface area contributed by atoms with Gasteiger partial charge < -0.3 is 19.7 Å². The molecule has 8 heteroatoms. The number of aromatic amines is 1. The highest BCUT2D eigenvalue weighted by Gasteiger charge is 2.45. The van der Waals surface area contributed by atoms with Gasteiger partial charge >= 0.3 is 5.69 Å². The predicted molar refractivity (Wildman–Crippen MR) is 127 cm³/mol. The molecule has 0 amide bonds. The Hall–Kier alpha value is -3.56. The molecular formula is C26H22N2O6. The normalized spacial score (nSPS) is 22.9. The number of nitrogens with zero attached hydrogens (tertiary/aromatic N) is 1. The molecule has 0 radical (unpaired) electrons. The van der Waals surface area contributed by atoms with Gasteiger partial charge in [-0.3, -0.25) is 14.3 Å². The topological polar surface area (TPSA) is 114 Å². The molecule has 1 fully saturated rings. The van der Waals surface area contributed by atoms with E-state index in [0.29, 0.717) is 0 Å². The monoisotopic (exact) mass is 458 g/mol. The number of H-pyrrole nitrogens is 1. The van der Waals surface area contributed by atoms with Crippen LogP contribution in [0.1, 0.15) is 11.8 Å². The number of nitrogens with one attached hydrogen (secondary N) is 1. The van der Waals surface area contributed by atoms with Crippen molar-refractivity contribution < 1.29 is 19.7 Å². The van der Waals surface area contributed by atoms with Gasteiger partial charge in [0.1, 0.15) is 18.3 Å². The molecule has 1 aromatic heterocycles. The lowest BCUT2D eigenvalue weighted by Gasteiger charge is -2.23. The summed E-state index contributed by atoms with van der Waals surface area (Å²) < 4.78 is 13.0. The van der Waals surface area contributed by atoms with Gasteiger partial charge in [0, 0.05) is 12.3 Å². The van der Waals surface area contributed by atoms with Gasteiger partial charge in [-0.15, -0.1) is 0 Å². The van der Waals surface area contributed by atoms with Crippen molar-refractivity contribution in [2.45, 2.75) is 31.1 Å². The van der Waals surface area contributed by atoms with Crippen LogP contribution in [-0.4, -0.2) is 44.7 Å². The van der Waals surface area contributed by atoms with Crippen molar-refractivity contribution >= 4 is 32.3 Å². The van der Waals surface area contributed by atoms with Crippen LogP contribution in [0.4, 0.5) is 0 Å². The Kier molecular flexibility index (Phi) is 4.96. The first kappa shape index (κ1) is 21.0. The second-order valence-corrected chi connectivity index (χ2v) is 8.61. The number of rotatable bonds is 5. The van der Waals surface area contributed by atoms with Gasteiger partial charge in [0.25, 0.3) is 5.56 Å². The highest BCUT2D eigenvalue weighted by Crippen LogP contribution is 2.37. The van der Waals surface area contributed by atoms with Crippen molar-refractivity contribution in [1.29, 1.82) is 0 Å². The third kappa shape index (κ3) is 3.23. The summed E-state index contributed by atoms with van der Waals surface area (Å²) in [5.41, 5.74) is -0.290. The molecule has 172 valence electrons. The Bertz CT molecular complexity index is 1610. The van der Waals surface area contributed by atoms with Crippen LogP contribution in [0.3, 0.4) is 0 Å². The van der Waals surface area contributed by atoms with E-state index in [9.17, 15) is 19.8 Å². The van der Waals surface area contributed by atoms with E-state index in [2.05, 4.69) is 47.4 Å². The molecule has 5 aromatic rings. The third-order valence-electron chi connectivity index (χ3n) is 6.67. The molecule has 0 aliphatic carbocycles. The minimum atomic E-state index is -1.16. The zero-order valence-electron chi connectivity index (χ0n) is 18.0. The lowest BCUT2D eigenvalue weighted by molar-refractivity contribution is -0.0795. The molecule has 0 spiro atoms. The fourth-order valence-electron chi connectivity index (χ4n) is 5.01. The Labute approximate surface area is 192 Å². The Balaban J connectivity index is 1.38. The number of benzene rings is 4. The van der Waals surface area contributed by atoms with Crippen molar-refractivity contribution in [2.24, 2.45) is 0 Å². The van der Waals surface area contributed by atoms with E-state index in [1.807, 2.05) is 12.1 Å². The summed E-state index contributed by atoms with van der Waals surface area (Å²) in [6, 6.07) is 19.9. The van der Waals surface area contributed by atoms with Crippen molar-refractivity contribution in [1.82, 2.24) is 9.55 Å². The van der Waals surface area contributed by atoms with Crippen LogP contribution in [0.5, 0.6) is 0 Å². The van der Waals surface area contributed by atoms with E-state index in [1.165, 1.54) is 17.6 Å². The molecule has 1 saturated heterocycles. The van der Waals surface area contributed by atoms with Gasteiger partial charge in [0.15, 0.2) is 6.23 Å². The molecule has 2 heterocycles. The molecule has 6 rings (SSSR count). The molecule has 0 saturated carbocycles. The average Bonchev–Trinajstić information content (AvgIpc) is 3.16. The minimum Gasteiger partial charge on any atom is -0.394 e. The Morgan fingerprint density at radius 1 is 0.941 bits per heavy atom. The van der Waals surface area contributed by atoms with Crippen LogP contribution in [-0.2, 0) is 16.1 Å². The van der Waals surface area contributed by atoms with Gasteiger partial charge in [-0.25, -0.2) is 4.79 Å². The lowest BCUT2D eigenvalue weighted by atomic mass is 9.92. The lowest BCUT2D eigenvalue weighted by Crippen LogP contribution is -2.39. The zero-order chi connectivity index (χ0) is 23.4. The highest BCUT2D eigenvalue weighted by molar-refractivity contribution is 6.23. The summed E-state index contributed by atoms with van der Waals surface area (Å²) in [4.78, 5) is 26.0. The Morgan fingerprint density at radius 2 is 1.65 bits per heavy atom. The van der Waals surface area contributed by atoms with Crippen LogP contribution in [0.2, 0.25) is 0 Å². The number of hydrogen-bond donors (Lipinski definition) is 3. The predicted octanol–water partition coefficient (Wildman–Crippen LogP) is 2.27. The standard InChI is InChI=1S/C26H22N2O6/c29-12-19-23(31)24(25(34-19)28-11-10-20(30)27-26(28)32)33-13-17-7-6-16-5-4-14-2-1-3-15-8-9-18(17)22(16)21(14)15/h1-11,19,23-25,29,31H,12-13H2,(H,27,30,32)/t19-,23?,24+,25-/m1/s1. The first-order valence-electron chi connectivity index (χ1n) is 11.1. The van der Waals surface area contributed by atoms with E-state index in [1.54, 1.807) is 0 Å². The van der Waals surface area contributed by atoms with Crippen LogP contribution in [0.25, 0.3) is 32.3 Å². The maximum absolute atomic E-state index is 12.3. The summed E-state index contributed by atoms with van der Waals surface area (Å²) >= 11 is 0. The van der Waals surface area contributed by atoms with Gasteiger partial charge in [-0.2, -0.15) is 0 Å². The summed E-state index contributed by atoms with van der Waals surface area (Å²) in [5, 5.41) is 27.2. The first-order chi connectivity index (χ1) is 16.5. The van der Waals surface area contributed by atoms with Crippen molar-refractivity contribution in [3.63, 3.8) is 0 Å². The van der Waals surface area contributed by atoms with Gasteiger partial charge in [0.05, 0.1) is 13.2 Å². The van der Waals surface area contributed by atoms with Crippen LogP contribution in [0, 0.1) is 0 Å². The van der Waals surface area contributed by atoms with Crippen molar-refractivity contribution in [3.05, 3.63) is 93.3 Å². The highest BCUT2D eigenvalue weighted by atomic mass is 16.6. The fraction of sp³-hybridized carbons (Fsp3) is 0.231. The summed E-state index contributed by atoms with van der Waals surface area (Å²) in [6.45, 7) is -0.277. The van der Waals surface area contributed by atoms with Crippen LogP contribution >= 0.6 is 0 Å². The first-order valence-corrected chi connectivity index (χ1v) is 11.1. The minimum absolute atomic E-state index is 0.159. The van der Waals surface area contributed by atoms with E-state index < -0.39 is 42.4 Å². The molecule has 1 aliphatic heterocycles. The molecule has 8 nitrogen and oxygen atoms in total. The zero-order valence-corrected chi connectivity index (χ0v) is 18.0. The van der Waals surface area contributed by atoms with Gasteiger partial charge in [-0.1, -0.05) is 54.6 Å². The van der Waals surface area contributed by atoms with E-state index in [-0.39, 0.29) is 6.61 Å². The second-order valence-electron chi connectivity index (χ2n) is 8.61. The maximum Gasteiger partial charge on any atom is 0.330 e. The van der Waals surface area contributed by atoms with E-state index >= 15 is 0 Å². The third-order valence-corrected chi connectivity index (χ3v) is 6.67. The number of aromatic nitrogens is 2. The molecule has 4 aromatic carbocycles. The van der Waals surface area contributed by atoms with Crippen molar-refractivity contribution in [2.75, 3.05) is 6.61 Å². The number of aliphatic hydroxyl groups is 2. The van der Waals surface area contributed by atoms with Crippen LogP contribution in [0.15, 0.2) is 76.4 Å². The molecular weight excluding hydrogens is 436 g/mol. The number of ether oxygens (including phenoxy) is 2. The molecule has 34 heavy (non-hydrogen) atoms. The molecule has 1 unspecified atom stereocenters. The van der Waals surface area contributed by atoms with Crippen molar-refractivity contribution in [3.8, 4) is 0 Å². The SMILES string of the molecule is O=c1ccn([C@@H]2O[C@H](CO)C(O)[C@@H]2OCc2ccc3ccc4cccc5ccc2c3c45)c(=O)[nH]1.